The van der Waals surface area contributed by atoms with Crippen LogP contribution in [0.25, 0.3) is 4.96 Å². The molecule has 8 heteroatoms. The summed E-state index contributed by atoms with van der Waals surface area (Å²) in [5, 5.41) is 13.7. The second-order valence-electron chi connectivity index (χ2n) is 4.55. The van der Waals surface area contributed by atoms with Gasteiger partial charge in [0.25, 0.3) is 5.56 Å². The highest BCUT2D eigenvalue weighted by Crippen LogP contribution is 2.14. The van der Waals surface area contributed by atoms with Gasteiger partial charge in [-0.3, -0.25) is 4.79 Å². The molecule has 0 saturated heterocycles. The third-order valence-electron chi connectivity index (χ3n) is 2.84. The fourth-order valence-electron chi connectivity index (χ4n) is 1.83. The number of carbonyl (C=O) groups is 1. The van der Waals surface area contributed by atoms with E-state index >= 15 is 0 Å². The predicted octanol–water partition coefficient (Wildman–Crippen LogP) is 1.52. The second-order valence-corrected chi connectivity index (χ2v) is 5.59. The fraction of sp³-hybridized carbons (Fsp3) is 0.143. The molecule has 0 unspecified atom stereocenters. The number of carbonyl (C=O) groups excluding carboxylic acids is 1. The van der Waals surface area contributed by atoms with Crippen molar-refractivity contribution in [2.75, 3.05) is 0 Å². The lowest BCUT2D eigenvalue weighted by molar-refractivity contribution is 0.0471. The van der Waals surface area contributed by atoms with Crippen LogP contribution in [0.1, 0.15) is 21.1 Å². The Labute approximate surface area is 128 Å². The van der Waals surface area contributed by atoms with Crippen LogP contribution in [0.2, 0.25) is 0 Å². The molecule has 1 aromatic carbocycles. The van der Waals surface area contributed by atoms with Crippen LogP contribution >= 0.6 is 11.3 Å². The maximum absolute atomic E-state index is 11.9. The summed E-state index contributed by atoms with van der Waals surface area (Å²) in [5.41, 5.74) is 0.668. The van der Waals surface area contributed by atoms with Gasteiger partial charge in [-0.05, 0) is 31.2 Å². The van der Waals surface area contributed by atoms with Crippen molar-refractivity contribution in [1.29, 1.82) is 0 Å². The number of aromatic hydroxyl groups is 1. The van der Waals surface area contributed by atoms with Gasteiger partial charge in [0.15, 0.2) is 5.01 Å². The molecular formula is C14H11N3O4S. The van der Waals surface area contributed by atoms with Crippen molar-refractivity contribution < 1.29 is 14.6 Å². The van der Waals surface area contributed by atoms with Crippen LogP contribution < -0.4 is 5.56 Å². The summed E-state index contributed by atoms with van der Waals surface area (Å²) in [6, 6.07) is 7.12. The monoisotopic (exact) mass is 317 g/mol. The van der Waals surface area contributed by atoms with Gasteiger partial charge in [0.05, 0.1) is 5.56 Å². The quantitative estimate of drug-likeness (QED) is 0.736. The first-order chi connectivity index (χ1) is 10.5. The van der Waals surface area contributed by atoms with E-state index in [4.69, 9.17) is 4.74 Å². The lowest BCUT2D eigenvalue weighted by Gasteiger charge is -2.02. The van der Waals surface area contributed by atoms with Crippen molar-refractivity contribution in [2.45, 2.75) is 13.5 Å². The topological polar surface area (TPSA) is 93.8 Å². The zero-order chi connectivity index (χ0) is 15.7. The molecule has 0 spiro atoms. The number of phenolic OH excluding ortho intramolecular Hbond substituents is 1. The number of hydrogen-bond acceptors (Lipinski definition) is 7. The molecule has 3 rings (SSSR count). The van der Waals surface area contributed by atoms with Crippen molar-refractivity contribution in [3.8, 4) is 5.75 Å². The maximum atomic E-state index is 11.9. The number of nitrogens with zero attached hydrogens (tertiary/aromatic N) is 3. The number of rotatable bonds is 3. The van der Waals surface area contributed by atoms with E-state index in [-0.39, 0.29) is 17.9 Å². The number of hydrogen-bond donors (Lipinski definition) is 1. The first-order valence-electron chi connectivity index (χ1n) is 6.35. The Morgan fingerprint density at radius 2 is 2.09 bits per heavy atom. The molecule has 0 atom stereocenters. The molecule has 2 aromatic heterocycles. The first-order valence-corrected chi connectivity index (χ1v) is 7.17. The molecule has 7 nitrogen and oxygen atoms in total. The SMILES string of the molecule is Cc1cc(=O)n2nc(COC(=O)c3ccc(O)cc3)sc2n1. The molecule has 112 valence electrons. The molecule has 0 bridgehead atoms. The number of esters is 1. The summed E-state index contributed by atoms with van der Waals surface area (Å²) in [6.45, 7) is 1.68. The van der Waals surface area contributed by atoms with E-state index < -0.39 is 5.97 Å². The van der Waals surface area contributed by atoms with Gasteiger partial charge >= 0.3 is 5.97 Å². The number of fused-ring (bicyclic) bond motifs is 1. The summed E-state index contributed by atoms with van der Waals surface area (Å²) in [4.78, 5) is 28.3. The van der Waals surface area contributed by atoms with Gasteiger partial charge < -0.3 is 9.84 Å². The summed E-state index contributed by atoms with van der Waals surface area (Å²) in [7, 11) is 0. The van der Waals surface area contributed by atoms with Gasteiger partial charge in [-0.25, -0.2) is 9.78 Å². The number of aryl methyl sites for hydroxylation is 1. The van der Waals surface area contributed by atoms with Gasteiger partial charge in [0.1, 0.15) is 12.4 Å². The van der Waals surface area contributed by atoms with Crippen LogP contribution in [0.5, 0.6) is 5.75 Å². The molecule has 0 radical (unpaired) electrons. The van der Waals surface area contributed by atoms with Crippen LogP contribution in [-0.4, -0.2) is 25.7 Å². The maximum Gasteiger partial charge on any atom is 0.338 e. The Morgan fingerprint density at radius 3 is 2.82 bits per heavy atom. The number of ether oxygens (including phenoxy) is 1. The smallest absolute Gasteiger partial charge is 0.338 e. The van der Waals surface area contributed by atoms with E-state index in [0.29, 0.717) is 21.2 Å². The molecule has 0 fully saturated rings. The zero-order valence-corrected chi connectivity index (χ0v) is 12.3. The second kappa shape index (κ2) is 5.57. The molecule has 0 aliphatic carbocycles. The number of aromatic nitrogens is 3. The van der Waals surface area contributed by atoms with Crippen LogP contribution in [0, 0.1) is 6.92 Å². The van der Waals surface area contributed by atoms with Crippen LogP contribution in [0.4, 0.5) is 0 Å². The first kappa shape index (κ1) is 14.2. The molecular weight excluding hydrogens is 306 g/mol. The van der Waals surface area contributed by atoms with Crippen molar-refractivity contribution in [1.82, 2.24) is 14.6 Å². The average Bonchev–Trinajstić information content (AvgIpc) is 2.89. The molecule has 3 aromatic rings. The summed E-state index contributed by atoms with van der Waals surface area (Å²) in [5.74, 6) is -0.459. The lowest BCUT2D eigenvalue weighted by atomic mass is 10.2. The minimum absolute atomic E-state index is 0.0494. The molecule has 22 heavy (non-hydrogen) atoms. The van der Waals surface area contributed by atoms with Gasteiger partial charge in [-0.15, -0.1) is 0 Å². The summed E-state index contributed by atoms with van der Waals surface area (Å²) < 4.78 is 6.32. The zero-order valence-electron chi connectivity index (χ0n) is 11.5. The summed E-state index contributed by atoms with van der Waals surface area (Å²) in [6.07, 6.45) is 0. The highest BCUT2D eigenvalue weighted by atomic mass is 32.1. The van der Waals surface area contributed by atoms with Crippen LogP contribution in [0.3, 0.4) is 0 Å². The third kappa shape index (κ3) is 2.82. The Balaban J connectivity index is 1.76. The summed E-state index contributed by atoms with van der Waals surface area (Å²) >= 11 is 1.19. The third-order valence-corrected chi connectivity index (χ3v) is 3.73. The Kier molecular flexibility index (Phi) is 3.60. The lowest BCUT2D eigenvalue weighted by Crippen LogP contribution is -2.14. The van der Waals surface area contributed by atoms with Crippen molar-refractivity contribution in [3.05, 3.63) is 57.0 Å². The van der Waals surface area contributed by atoms with Crippen molar-refractivity contribution in [2.24, 2.45) is 0 Å². The van der Waals surface area contributed by atoms with Gasteiger partial charge in [0, 0.05) is 11.8 Å². The highest BCUT2D eigenvalue weighted by Gasteiger charge is 2.11. The van der Waals surface area contributed by atoms with E-state index in [1.807, 2.05) is 0 Å². The fourth-order valence-corrected chi connectivity index (χ4v) is 2.68. The molecule has 0 aliphatic heterocycles. The average molecular weight is 317 g/mol. The Bertz CT molecular complexity index is 899. The van der Waals surface area contributed by atoms with E-state index in [2.05, 4.69) is 10.1 Å². The van der Waals surface area contributed by atoms with Crippen LogP contribution in [0.15, 0.2) is 35.1 Å². The number of phenols is 1. The Hall–Kier alpha value is -2.74. The predicted molar refractivity (Wildman–Crippen MR) is 79.1 cm³/mol. The van der Waals surface area contributed by atoms with Crippen molar-refractivity contribution >= 4 is 22.3 Å². The molecule has 0 amide bonds. The minimum atomic E-state index is -0.532. The van der Waals surface area contributed by atoms with E-state index in [1.54, 1.807) is 6.92 Å². The van der Waals surface area contributed by atoms with E-state index in [1.165, 1.54) is 46.2 Å². The van der Waals surface area contributed by atoms with E-state index in [0.717, 1.165) is 0 Å². The largest absolute Gasteiger partial charge is 0.508 e. The van der Waals surface area contributed by atoms with E-state index in [9.17, 15) is 14.7 Å². The molecule has 2 heterocycles. The minimum Gasteiger partial charge on any atom is -0.508 e. The van der Waals surface area contributed by atoms with Crippen molar-refractivity contribution in [3.63, 3.8) is 0 Å². The standard InChI is InChI=1S/C14H11N3O4S/c1-8-6-12(19)17-14(15-8)22-11(16-17)7-21-13(20)9-2-4-10(18)5-3-9/h2-6,18H,7H2,1H3. The molecule has 1 N–H and O–H groups in total. The highest BCUT2D eigenvalue weighted by molar-refractivity contribution is 7.16. The number of benzene rings is 1. The normalized spacial score (nSPS) is 10.8. The van der Waals surface area contributed by atoms with Gasteiger partial charge in [0.2, 0.25) is 4.96 Å². The molecule has 0 saturated carbocycles. The Morgan fingerprint density at radius 1 is 1.36 bits per heavy atom. The van der Waals surface area contributed by atoms with Gasteiger partial charge in [-0.1, -0.05) is 11.3 Å². The molecule has 0 aliphatic rings. The van der Waals surface area contributed by atoms with Gasteiger partial charge in [-0.2, -0.15) is 9.61 Å². The van der Waals surface area contributed by atoms with Crippen LogP contribution in [-0.2, 0) is 11.3 Å².